The summed E-state index contributed by atoms with van der Waals surface area (Å²) in [4.78, 5) is 18.8. The Labute approximate surface area is 239 Å². The molecule has 6 heteroatoms. The van der Waals surface area contributed by atoms with Crippen LogP contribution in [0.15, 0.2) is 97.3 Å². The molecule has 0 aliphatic carbocycles. The molecule has 0 fully saturated rings. The van der Waals surface area contributed by atoms with Crippen LogP contribution < -0.4 is 4.98 Å². The summed E-state index contributed by atoms with van der Waals surface area (Å²) >= 11 is 0. The number of benzene rings is 3. The summed E-state index contributed by atoms with van der Waals surface area (Å²) in [7, 11) is 0. The molecule has 0 bridgehead atoms. The predicted octanol–water partition coefficient (Wildman–Crippen LogP) is 7.63. The summed E-state index contributed by atoms with van der Waals surface area (Å²) in [6.45, 7) is 6.57. The second kappa shape index (κ2) is 9.57. The van der Waals surface area contributed by atoms with Crippen LogP contribution in [0.4, 0.5) is 0 Å². The first-order chi connectivity index (χ1) is 18.5. The zero-order chi connectivity index (χ0) is 25.9. The molecule has 5 heterocycles. The van der Waals surface area contributed by atoms with Crippen molar-refractivity contribution in [3.63, 3.8) is 0 Å². The van der Waals surface area contributed by atoms with Crippen molar-refractivity contribution in [1.82, 2.24) is 24.3 Å². The van der Waals surface area contributed by atoms with Gasteiger partial charge in [-0.1, -0.05) is 74.7 Å². The van der Waals surface area contributed by atoms with Gasteiger partial charge in [0.2, 0.25) is 0 Å². The van der Waals surface area contributed by atoms with Gasteiger partial charge in [-0.2, -0.15) is 0 Å². The van der Waals surface area contributed by atoms with E-state index in [1.807, 2.05) is 66.9 Å². The van der Waals surface area contributed by atoms with Crippen LogP contribution in [-0.4, -0.2) is 19.4 Å². The Morgan fingerprint density at radius 2 is 1.64 bits per heavy atom. The van der Waals surface area contributed by atoms with Crippen LogP contribution in [0.5, 0.6) is 0 Å². The molecule has 0 saturated carbocycles. The van der Waals surface area contributed by atoms with Crippen molar-refractivity contribution < 1.29 is 20.1 Å². The summed E-state index contributed by atoms with van der Waals surface area (Å²) < 4.78 is 2.13. The standard InChI is InChI=1S/C18H16N3.C15H9N2.Ir/c1-18(2,3)17-16-15(12-8-4-5-9-13(12)19-17)20-14-10-6-7-11-21(14)16;1-2-6-13-11(5-1)12-8-7-10-4-3-9-16-14(10)15(12)17-13;/h4-7,9-11H,1-3H3;1-9H;/q2*-1;. The molecule has 5 nitrogen and oxygen atoms in total. The molecule has 8 aromatic rings. The van der Waals surface area contributed by atoms with Crippen LogP contribution in [0.1, 0.15) is 26.5 Å². The van der Waals surface area contributed by atoms with Crippen LogP contribution in [-0.2, 0) is 25.5 Å². The van der Waals surface area contributed by atoms with Gasteiger partial charge < -0.3 is 14.4 Å². The van der Waals surface area contributed by atoms with Gasteiger partial charge in [-0.15, -0.1) is 35.3 Å². The second-order valence-corrected chi connectivity index (χ2v) is 10.5. The topological polar surface area (TPSA) is 57.2 Å². The van der Waals surface area contributed by atoms with Crippen molar-refractivity contribution in [2.75, 3.05) is 0 Å². The number of fused-ring (bicyclic) bond motifs is 10. The zero-order valence-electron chi connectivity index (χ0n) is 21.8. The smallest absolute Gasteiger partial charge is 0.127 e. The number of imidazole rings is 1. The molecule has 0 amide bonds. The Bertz CT molecular complexity index is 2130. The van der Waals surface area contributed by atoms with Crippen molar-refractivity contribution >= 4 is 60.3 Å². The second-order valence-electron chi connectivity index (χ2n) is 10.5. The Hall–Kier alpha value is -4.12. The van der Waals surface area contributed by atoms with E-state index < -0.39 is 0 Å². The third-order valence-corrected chi connectivity index (χ3v) is 6.94. The molecule has 3 aromatic carbocycles. The summed E-state index contributed by atoms with van der Waals surface area (Å²) in [6, 6.07) is 31.8. The van der Waals surface area contributed by atoms with Crippen LogP contribution in [0, 0.1) is 6.07 Å². The van der Waals surface area contributed by atoms with Gasteiger partial charge in [-0.25, -0.2) is 0 Å². The minimum absolute atomic E-state index is 0. The Morgan fingerprint density at radius 1 is 0.795 bits per heavy atom. The van der Waals surface area contributed by atoms with Crippen molar-refractivity contribution in [3.05, 3.63) is 109 Å². The van der Waals surface area contributed by atoms with E-state index in [0.717, 1.165) is 55.2 Å². The van der Waals surface area contributed by atoms with Gasteiger partial charge in [0.15, 0.2) is 0 Å². The first-order valence-corrected chi connectivity index (χ1v) is 12.8. The number of hydrogen-bond donors (Lipinski definition) is 0. The van der Waals surface area contributed by atoms with Crippen molar-refractivity contribution in [2.45, 2.75) is 26.2 Å². The number of pyridine rings is 3. The van der Waals surface area contributed by atoms with Crippen molar-refractivity contribution in [1.29, 1.82) is 0 Å². The van der Waals surface area contributed by atoms with Gasteiger partial charge >= 0.3 is 0 Å². The molecular formula is C33H25IrN5-2. The first kappa shape index (κ1) is 25.2. The fraction of sp³-hybridized carbons (Fsp3) is 0.121. The quantitative estimate of drug-likeness (QED) is 0.154. The predicted molar refractivity (Wildman–Crippen MR) is 156 cm³/mol. The molecule has 0 atom stereocenters. The fourth-order valence-electron chi connectivity index (χ4n) is 5.18. The van der Waals surface area contributed by atoms with E-state index in [-0.39, 0.29) is 25.5 Å². The minimum Gasteiger partial charge on any atom is -0.655 e. The molecule has 8 rings (SSSR count). The normalized spacial score (nSPS) is 11.8. The summed E-state index contributed by atoms with van der Waals surface area (Å²) in [6.07, 6.45) is 3.87. The first-order valence-electron chi connectivity index (χ1n) is 12.8. The number of rotatable bonds is 0. The van der Waals surface area contributed by atoms with Crippen LogP contribution >= 0.6 is 0 Å². The summed E-state index contributed by atoms with van der Waals surface area (Å²) in [5, 5.41) is 4.52. The molecule has 0 spiro atoms. The van der Waals surface area contributed by atoms with E-state index >= 15 is 0 Å². The molecule has 193 valence electrons. The zero-order valence-corrected chi connectivity index (χ0v) is 24.2. The van der Waals surface area contributed by atoms with Crippen LogP contribution in [0.25, 0.3) is 60.3 Å². The fourth-order valence-corrected chi connectivity index (χ4v) is 5.18. The maximum Gasteiger partial charge on any atom is 0.127 e. The Balaban J connectivity index is 0.000000141. The monoisotopic (exact) mass is 684 g/mol. The average molecular weight is 684 g/mol. The maximum absolute atomic E-state index is 4.90. The molecule has 0 N–H and O–H groups in total. The molecule has 0 unspecified atom stereocenters. The maximum atomic E-state index is 4.90. The number of nitrogens with zero attached hydrogens (tertiary/aromatic N) is 5. The van der Waals surface area contributed by atoms with Gasteiger partial charge in [-0.05, 0) is 39.9 Å². The molecule has 39 heavy (non-hydrogen) atoms. The Kier molecular flexibility index (Phi) is 6.17. The minimum atomic E-state index is -0.0475. The molecule has 1 radical (unpaired) electrons. The van der Waals surface area contributed by atoms with Gasteiger partial charge in [0.05, 0.1) is 16.7 Å². The van der Waals surface area contributed by atoms with E-state index in [1.54, 1.807) is 0 Å². The number of para-hydroxylation sites is 1. The van der Waals surface area contributed by atoms with E-state index in [9.17, 15) is 0 Å². The van der Waals surface area contributed by atoms with E-state index in [1.165, 1.54) is 10.8 Å². The molecule has 0 aliphatic rings. The van der Waals surface area contributed by atoms with Crippen molar-refractivity contribution in [2.24, 2.45) is 0 Å². The number of aromatic nitrogens is 5. The third kappa shape index (κ3) is 4.17. The van der Waals surface area contributed by atoms with Crippen LogP contribution in [0.2, 0.25) is 0 Å². The van der Waals surface area contributed by atoms with Gasteiger partial charge in [0.25, 0.3) is 0 Å². The molecule has 5 aromatic heterocycles. The molecular weight excluding hydrogens is 659 g/mol. The van der Waals surface area contributed by atoms with E-state index in [4.69, 9.17) is 9.97 Å². The SMILES string of the molecule is CC(C)(C)c1nc2ccc[c-]c2c2nc3ccccn3c12.[Ir].c1cnc2c(c1)ccc1c3ccccc3[n-]c12. The molecule has 0 aliphatic heterocycles. The van der Waals surface area contributed by atoms with Crippen LogP contribution in [0.3, 0.4) is 0 Å². The van der Waals surface area contributed by atoms with Gasteiger partial charge in [-0.3, -0.25) is 9.97 Å². The Morgan fingerprint density at radius 3 is 2.51 bits per heavy atom. The summed E-state index contributed by atoms with van der Waals surface area (Å²) in [5.74, 6) is 0. The summed E-state index contributed by atoms with van der Waals surface area (Å²) in [5.41, 5.74) is 8.04. The van der Waals surface area contributed by atoms with E-state index in [2.05, 4.69) is 71.7 Å². The van der Waals surface area contributed by atoms with Gasteiger partial charge in [0.1, 0.15) is 5.65 Å². The third-order valence-electron chi connectivity index (χ3n) is 6.94. The average Bonchev–Trinajstić information content (AvgIpc) is 3.52. The largest absolute Gasteiger partial charge is 0.655 e. The van der Waals surface area contributed by atoms with Crippen molar-refractivity contribution in [3.8, 4) is 0 Å². The number of hydrogen-bond acceptors (Lipinski definition) is 3. The van der Waals surface area contributed by atoms with E-state index in [0.29, 0.717) is 0 Å². The van der Waals surface area contributed by atoms with Gasteiger partial charge in [0, 0.05) is 43.4 Å². The molecule has 0 saturated heterocycles.